The van der Waals surface area contributed by atoms with Crippen LogP contribution in [0.5, 0.6) is 0 Å². The lowest BCUT2D eigenvalue weighted by Crippen LogP contribution is -2.00. The first-order chi connectivity index (χ1) is 7.80. The number of fused-ring (bicyclic) bond motifs is 1. The molecule has 2 nitrogen and oxygen atoms in total. The van der Waals surface area contributed by atoms with Crippen molar-refractivity contribution in [2.75, 3.05) is 0 Å². The third-order valence-corrected chi connectivity index (χ3v) is 3.78. The quantitative estimate of drug-likeness (QED) is 0.688. The van der Waals surface area contributed by atoms with E-state index in [1.807, 2.05) is 0 Å². The smallest absolute Gasteiger partial charge is 0.307 e. The fraction of sp³-hybridized carbons (Fsp3) is 0.643. The van der Waals surface area contributed by atoms with Crippen molar-refractivity contribution in [2.45, 2.75) is 38.5 Å². The Morgan fingerprint density at radius 3 is 1.75 bits per heavy atom. The molecule has 2 aliphatic rings. The Balaban J connectivity index is 1.92. The van der Waals surface area contributed by atoms with Crippen LogP contribution in [0.15, 0.2) is 24.3 Å². The lowest BCUT2D eigenvalue weighted by Gasteiger charge is -1.97. The Morgan fingerprint density at radius 1 is 0.875 bits per heavy atom. The summed E-state index contributed by atoms with van der Waals surface area (Å²) in [5, 5.41) is 9.08. The minimum absolute atomic E-state index is 0.0532. The number of hydrogen-bond donors (Lipinski definition) is 1. The van der Waals surface area contributed by atoms with Crippen LogP contribution in [-0.4, -0.2) is 11.1 Å². The maximum atomic E-state index is 11.0. The van der Waals surface area contributed by atoms with Crippen molar-refractivity contribution >= 4 is 5.97 Å². The van der Waals surface area contributed by atoms with Gasteiger partial charge in [-0.3, -0.25) is 4.79 Å². The first kappa shape index (κ1) is 11.4. The Hall–Kier alpha value is -1.05. The molecule has 1 N–H and O–H groups in total. The third kappa shape index (κ3) is 2.75. The fourth-order valence-electron chi connectivity index (χ4n) is 2.84. The molecule has 0 aromatic heterocycles. The van der Waals surface area contributed by atoms with E-state index in [4.69, 9.17) is 5.11 Å². The highest BCUT2D eigenvalue weighted by Gasteiger charge is 2.53. The number of carboxylic acid groups (broad SMARTS) is 1. The first-order valence-corrected chi connectivity index (χ1v) is 6.33. The third-order valence-electron chi connectivity index (χ3n) is 3.78. The highest BCUT2D eigenvalue weighted by molar-refractivity contribution is 5.74. The van der Waals surface area contributed by atoms with Crippen LogP contribution >= 0.6 is 0 Å². The first-order valence-electron chi connectivity index (χ1n) is 6.33. The number of carboxylic acids is 1. The van der Waals surface area contributed by atoms with Crippen LogP contribution in [0.25, 0.3) is 0 Å². The van der Waals surface area contributed by atoms with Crippen LogP contribution in [0, 0.1) is 17.8 Å². The summed E-state index contributed by atoms with van der Waals surface area (Å²) in [5.41, 5.74) is 0. The lowest BCUT2D eigenvalue weighted by atomic mass is 10.1. The molecular weight excluding hydrogens is 200 g/mol. The number of aliphatic carboxylic acids is 1. The zero-order chi connectivity index (χ0) is 11.4. The molecule has 0 spiro atoms. The van der Waals surface area contributed by atoms with E-state index >= 15 is 0 Å². The Bertz CT molecular complexity index is 280. The molecule has 0 aromatic carbocycles. The van der Waals surface area contributed by atoms with Gasteiger partial charge in [-0.15, -0.1) is 0 Å². The van der Waals surface area contributed by atoms with Crippen LogP contribution in [0.1, 0.15) is 38.5 Å². The van der Waals surface area contributed by atoms with Gasteiger partial charge in [0.15, 0.2) is 0 Å². The van der Waals surface area contributed by atoms with E-state index in [0.717, 1.165) is 38.5 Å². The molecule has 2 rings (SSSR count). The lowest BCUT2D eigenvalue weighted by molar-refractivity contribution is -0.139. The van der Waals surface area contributed by atoms with E-state index in [2.05, 4.69) is 24.3 Å². The van der Waals surface area contributed by atoms with Gasteiger partial charge in [0.1, 0.15) is 0 Å². The molecule has 0 amide bonds. The molecule has 0 saturated heterocycles. The van der Waals surface area contributed by atoms with E-state index in [1.54, 1.807) is 0 Å². The normalized spacial score (nSPS) is 34.6. The number of hydrogen-bond acceptors (Lipinski definition) is 1. The van der Waals surface area contributed by atoms with Crippen LogP contribution in [0.2, 0.25) is 0 Å². The van der Waals surface area contributed by atoms with Crippen LogP contribution < -0.4 is 0 Å². The summed E-state index contributed by atoms with van der Waals surface area (Å²) in [5.74, 6) is 0.241. The van der Waals surface area contributed by atoms with Crippen LogP contribution in [0.4, 0.5) is 0 Å². The Labute approximate surface area is 97.0 Å². The van der Waals surface area contributed by atoms with Crippen molar-refractivity contribution in [3.05, 3.63) is 24.3 Å². The van der Waals surface area contributed by atoms with Gasteiger partial charge in [0.2, 0.25) is 0 Å². The Kier molecular flexibility index (Phi) is 3.81. The molecule has 0 heterocycles. The van der Waals surface area contributed by atoms with Crippen molar-refractivity contribution < 1.29 is 9.90 Å². The fourth-order valence-corrected chi connectivity index (χ4v) is 2.84. The maximum absolute atomic E-state index is 11.0. The second kappa shape index (κ2) is 5.33. The van der Waals surface area contributed by atoms with Gasteiger partial charge in [0.25, 0.3) is 0 Å². The average molecular weight is 220 g/mol. The highest BCUT2D eigenvalue weighted by atomic mass is 16.4. The average Bonchev–Trinajstić information content (AvgIpc) is 2.91. The number of carbonyl (C=O) groups is 1. The predicted molar refractivity (Wildman–Crippen MR) is 64.1 cm³/mol. The van der Waals surface area contributed by atoms with E-state index < -0.39 is 5.97 Å². The molecule has 0 aromatic rings. The number of allylic oxidation sites excluding steroid dienone is 4. The second-order valence-corrected chi connectivity index (χ2v) is 4.87. The molecule has 0 aliphatic heterocycles. The summed E-state index contributed by atoms with van der Waals surface area (Å²) in [7, 11) is 0. The molecule has 0 radical (unpaired) electrons. The predicted octanol–water partition coefficient (Wildman–Crippen LogP) is 3.40. The van der Waals surface area contributed by atoms with Crippen LogP contribution in [0.3, 0.4) is 0 Å². The van der Waals surface area contributed by atoms with Crippen molar-refractivity contribution in [3.63, 3.8) is 0 Å². The van der Waals surface area contributed by atoms with Crippen molar-refractivity contribution in [1.82, 2.24) is 0 Å². The summed E-state index contributed by atoms with van der Waals surface area (Å²) >= 11 is 0. The summed E-state index contributed by atoms with van der Waals surface area (Å²) in [6, 6.07) is 0. The topological polar surface area (TPSA) is 37.3 Å². The van der Waals surface area contributed by atoms with E-state index in [1.165, 1.54) is 0 Å². The summed E-state index contributed by atoms with van der Waals surface area (Å²) in [6.45, 7) is 0. The Morgan fingerprint density at radius 2 is 1.31 bits per heavy atom. The van der Waals surface area contributed by atoms with Gasteiger partial charge in [-0.05, 0) is 50.4 Å². The van der Waals surface area contributed by atoms with E-state index in [-0.39, 0.29) is 5.92 Å². The molecule has 2 unspecified atom stereocenters. The molecule has 88 valence electrons. The number of rotatable bonds is 1. The van der Waals surface area contributed by atoms with Gasteiger partial charge in [0, 0.05) is 0 Å². The summed E-state index contributed by atoms with van der Waals surface area (Å²) < 4.78 is 0. The summed E-state index contributed by atoms with van der Waals surface area (Å²) in [4.78, 5) is 11.0. The van der Waals surface area contributed by atoms with Gasteiger partial charge in [-0.2, -0.15) is 0 Å². The molecule has 1 fully saturated rings. The van der Waals surface area contributed by atoms with Crippen molar-refractivity contribution in [2.24, 2.45) is 17.8 Å². The molecule has 1 saturated carbocycles. The van der Waals surface area contributed by atoms with Crippen LogP contribution in [-0.2, 0) is 4.79 Å². The minimum Gasteiger partial charge on any atom is -0.481 e. The summed E-state index contributed by atoms with van der Waals surface area (Å²) in [6.07, 6.45) is 15.3. The van der Waals surface area contributed by atoms with Gasteiger partial charge in [-0.1, -0.05) is 24.3 Å². The largest absolute Gasteiger partial charge is 0.481 e. The molecule has 2 aliphatic carbocycles. The van der Waals surface area contributed by atoms with Crippen molar-refractivity contribution in [3.8, 4) is 0 Å². The van der Waals surface area contributed by atoms with Gasteiger partial charge >= 0.3 is 5.97 Å². The van der Waals surface area contributed by atoms with Gasteiger partial charge < -0.3 is 5.11 Å². The monoisotopic (exact) mass is 220 g/mol. The maximum Gasteiger partial charge on any atom is 0.307 e. The molecule has 2 atom stereocenters. The molecule has 2 heteroatoms. The van der Waals surface area contributed by atoms with E-state index in [9.17, 15) is 4.79 Å². The molecule has 0 bridgehead atoms. The zero-order valence-corrected chi connectivity index (χ0v) is 9.64. The van der Waals surface area contributed by atoms with Gasteiger partial charge in [-0.25, -0.2) is 0 Å². The van der Waals surface area contributed by atoms with E-state index in [0.29, 0.717) is 11.8 Å². The zero-order valence-electron chi connectivity index (χ0n) is 9.64. The SMILES string of the molecule is O=C(O)C1C2CCC=CCCC=CCCC21. The molecular formula is C14H20O2. The van der Waals surface area contributed by atoms with Gasteiger partial charge in [0.05, 0.1) is 5.92 Å². The van der Waals surface area contributed by atoms with Crippen molar-refractivity contribution in [1.29, 1.82) is 0 Å². The highest BCUT2D eigenvalue weighted by Crippen LogP contribution is 2.52. The second-order valence-electron chi connectivity index (χ2n) is 4.87. The standard InChI is InChI=1S/C14H20O2/c15-14(16)13-11-9-7-5-3-1-2-4-6-8-10-12(11)13/h3-6,11-13H,1-2,7-10H2,(H,15,16). The minimum atomic E-state index is -0.585. The molecule has 16 heavy (non-hydrogen) atoms.